The van der Waals surface area contributed by atoms with Crippen LogP contribution in [-0.2, 0) is 24.1 Å². The van der Waals surface area contributed by atoms with Gasteiger partial charge in [0.15, 0.2) is 0 Å². The van der Waals surface area contributed by atoms with Crippen LogP contribution in [-0.4, -0.2) is 6.29 Å². The number of hydrogen-bond donors (Lipinski definition) is 0. The van der Waals surface area contributed by atoms with E-state index in [0.717, 1.165) is 37.0 Å². The lowest BCUT2D eigenvalue weighted by molar-refractivity contribution is -0.109. The summed E-state index contributed by atoms with van der Waals surface area (Å²) in [4.78, 5) is 11.3. The highest BCUT2D eigenvalue weighted by Gasteiger charge is 2.54. The molecule has 1 heteroatoms. The summed E-state index contributed by atoms with van der Waals surface area (Å²) < 4.78 is 0. The van der Waals surface area contributed by atoms with Crippen LogP contribution in [0.15, 0.2) is 42.5 Å². The van der Waals surface area contributed by atoms with E-state index in [2.05, 4.69) is 56.3 Å². The minimum Gasteiger partial charge on any atom is -0.303 e. The Morgan fingerprint density at radius 1 is 1.00 bits per heavy atom. The lowest BCUT2D eigenvalue weighted by atomic mass is 9.54. The number of carbonyl (C=O) groups is 1. The van der Waals surface area contributed by atoms with E-state index >= 15 is 0 Å². The molecule has 0 saturated heterocycles. The Hall–Kier alpha value is -1.89. The SMILES string of the molecule is CC.CCc1cc2c(cc1Cc1ccccc1)CCC1C2CCC2(C)C(CC=O)CCC12. The third-order valence-corrected chi connectivity index (χ3v) is 9.24. The first-order valence-corrected chi connectivity index (χ1v) is 13.3. The van der Waals surface area contributed by atoms with Gasteiger partial charge in [-0.3, -0.25) is 0 Å². The van der Waals surface area contributed by atoms with Crippen molar-refractivity contribution in [3.63, 3.8) is 0 Å². The van der Waals surface area contributed by atoms with Crippen molar-refractivity contribution < 1.29 is 4.79 Å². The molecule has 5 unspecified atom stereocenters. The molecule has 0 aromatic heterocycles. The maximum absolute atomic E-state index is 11.3. The van der Waals surface area contributed by atoms with Gasteiger partial charge in [0.2, 0.25) is 0 Å². The van der Waals surface area contributed by atoms with Gasteiger partial charge in [0, 0.05) is 6.42 Å². The molecule has 0 N–H and O–H groups in total. The summed E-state index contributed by atoms with van der Waals surface area (Å²) in [5, 5.41) is 0. The quantitative estimate of drug-likeness (QED) is 0.440. The summed E-state index contributed by atoms with van der Waals surface area (Å²) >= 11 is 0. The van der Waals surface area contributed by atoms with Gasteiger partial charge in [-0.15, -0.1) is 0 Å². The molecule has 3 aliphatic rings. The summed E-state index contributed by atoms with van der Waals surface area (Å²) in [6.45, 7) is 8.83. The number of aldehydes is 1. The van der Waals surface area contributed by atoms with Crippen LogP contribution in [0.3, 0.4) is 0 Å². The van der Waals surface area contributed by atoms with E-state index < -0.39 is 0 Å². The van der Waals surface area contributed by atoms with E-state index in [1.54, 1.807) is 16.7 Å². The summed E-state index contributed by atoms with van der Waals surface area (Å²) in [5.74, 6) is 3.03. The van der Waals surface area contributed by atoms with Gasteiger partial charge in [-0.25, -0.2) is 0 Å². The first kappa shape index (κ1) is 23.3. The summed E-state index contributed by atoms with van der Waals surface area (Å²) in [6.07, 6.45) is 12.0. The first-order chi connectivity index (χ1) is 15.6. The van der Waals surface area contributed by atoms with Gasteiger partial charge in [-0.05, 0) is 108 Å². The van der Waals surface area contributed by atoms with Gasteiger partial charge in [0.25, 0.3) is 0 Å². The number of hydrogen-bond acceptors (Lipinski definition) is 1. The molecule has 32 heavy (non-hydrogen) atoms. The van der Waals surface area contributed by atoms with E-state index in [9.17, 15) is 4.79 Å². The molecule has 3 aliphatic carbocycles. The Balaban J connectivity index is 0.00000119. The second-order valence-corrected chi connectivity index (χ2v) is 10.5. The van der Waals surface area contributed by atoms with E-state index in [-0.39, 0.29) is 0 Å². The van der Waals surface area contributed by atoms with E-state index in [1.807, 2.05) is 13.8 Å². The second-order valence-electron chi connectivity index (χ2n) is 10.5. The number of fused-ring (bicyclic) bond motifs is 5. The zero-order chi connectivity index (χ0) is 22.7. The van der Waals surface area contributed by atoms with Crippen molar-refractivity contribution in [1.29, 1.82) is 0 Å². The third-order valence-electron chi connectivity index (χ3n) is 9.24. The Kier molecular flexibility index (Phi) is 7.23. The first-order valence-electron chi connectivity index (χ1n) is 13.3. The number of aryl methyl sites for hydroxylation is 2. The Bertz CT molecular complexity index is 914. The largest absolute Gasteiger partial charge is 0.303 e. The van der Waals surface area contributed by atoms with Crippen molar-refractivity contribution >= 4 is 6.29 Å². The van der Waals surface area contributed by atoms with Crippen LogP contribution in [0.5, 0.6) is 0 Å². The molecule has 0 radical (unpaired) electrons. The predicted molar refractivity (Wildman–Crippen MR) is 135 cm³/mol. The topological polar surface area (TPSA) is 17.1 Å². The second kappa shape index (κ2) is 9.94. The molecule has 2 fully saturated rings. The highest BCUT2D eigenvalue weighted by atomic mass is 16.1. The zero-order valence-electron chi connectivity index (χ0n) is 20.7. The van der Waals surface area contributed by atoms with Gasteiger partial charge >= 0.3 is 0 Å². The standard InChI is InChI=1S/C29H36O.C2H6/c1-3-21-19-27-22(18-23(21)17-20-7-5-4-6-8-20)9-11-26-25(27)13-15-29(2)24(14-16-30)10-12-28(26)29;1-2/h4-8,16,18-19,24-26,28H,3,9-15,17H2,1-2H3;1-2H3. The van der Waals surface area contributed by atoms with Gasteiger partial charge < -0.3 is 4.79 Å². The van der Waals surface area contributed by atoms with Crippen LogP contribution in [0.2, 0.25) is 0 Å². The summed E-state index contributed by atoms with van der Waals surface area (Å²) in [7, 11) is 0. The minimum absolute atomic E-state index is 0.403. The van der Waals surface area contributed by atoms with Crippen LogP contribution in [0, 0.1) is 23.2 Å². The Morgan fingerprint density at radius 2 is 1.78 bits per heavy atom. The van der Waals surface area contributed by atoms with Crippen LogP contribution in [0.1, 0.15) is 100.0 Å². The monoisotopic (exact) mass is 430 g/mol. The molecule has 0 spiro atoms. The summed E-state index contributed by atoms with van der Waals surface area (Å²) in [6, 6.07) is 16.1. The number of rotatable bonds is 5. The molecule has 172 valence electrons. The van der Waals surface area contributed by atoms with Crippen molar-refractivity contribution in [2.24, 2.45) is 23.2 Å². The molecule has 5 atom stereocenters. The van der Waals surface area contributed by atoms with Crippen molar-refractivity contribution in [1.82, 2.24) is 0 Å². The lowest BCUT2D eigenvalue weighted by Gasteiger charge is -2.51. The van der Waals surface area contributed by atoms with Crippen molar-refractivity contribution in [3.8, 4) is 0 Å². The fourth-order valence-corrected chi connectivity index (χ4v) is 7.64. The fraction of sp³-hybridized carbons (Fsp3) is 0.581. The van der Waals surface area contributed by atoms with Crippen molar-refractivity contribution in [3.05, 3.63) is 70.3 Å². The molecular formula is C31H42O. The Labute approximate surface area is 196 Å². The van der Waals surface area contributed by atoms with Crippen LogP contribution in [0.25, 0.3) is 0 Å². The van der Waals surface area contributed by atoms with Crippen LogP contribution < -0.4 is 0 Å². The van der Waals surface area contributed by atoms with Gasteiger partial charge in [-0.1, -0.05) is 70.2 Å². The summed E-state index contributed by atoms with van der Waals surface area (Å²) in [5.41, 5.74) is 8.22. The third kappa shape index (κ3) is 4.09. The molecule has 2 aromatic carbocycles. The average Bonchev–Trinajstić information content (AvgIpc) is 3.17. The molecular weight excluding hydrogens is 388 g/mol. The molecule has 0 aliphatic heterocycles. The number of benzene rings is 2. The Morgan fingerprint density at radius 3 is 2.50 bits per heavy atom. The van der Waals surface area contributed by atoms with Gasteiger partial charge in [0.05, 0.1) is 0 Å². The van der Waals surface area contributed by atoms with Crippen LogP contribution in [0.4, 0.5) is 0 Å². The normalized spacial score (nSPS) is 30.4. The zero-order valence-corrected chi connectivity index (χ0v) is 20.7. The van der Waals surface area contributed by atoms with Gasteiger partial charge in [-0.2, -0.15) is 0 Å². The molecule has 0 bridgehead atoms. The molecule has 2 saturated carbocycles. The predicted octanol–water partition coefficient (Wildman–Crippen LogP) is 7.93. The molecule has 0 amide bonds. The van der Waals surface area contributed by atoms with E-state index in [0.29, 0.717) is 11.3 Å². The minimum atomic E-state index is 0.403. The maximum atomic E-state index is 11.3. The van der Waals surface area contributed by atoms with Gasteiger partial charge in [0.1, 0.15) is 6.29 Å². The van der Waals surface area contributed by atoms with Crippen molar-refractivity contribution in [2.45, 2.75) is 91.4 Å². The molecule has 2 aromatic rings. The molecule has 0 heterocycles. The van der Waals surface area contributed by atoms with Crippen molar-refractivity contribution in [2.75, 3.05) is 0 Å². The molecule has 1 nitrogen and oxygen atoms in total. The highest BCUT2D eigenvalue weighted by Crippen LogP contribution is 2.63. The van der Waals surface area contributed by atoms with E-state index in [1.165, 1.54) is 55.9 Å². The fourth-order valence-electron chi connectivity index (χ4n) is 7.64. The maximum Gasteiger partial charge on any atom is 0.120 e. The molecule has 5 rings (SSSR count). The van der Waals surface area contributed by atoms with E-state index in [4.69, 9.17) is 0 Å². The number of carbonyl (C=O) groups excluding carboxylic acids is 1. The smallest absolute Gasteiger partial charge is 0.120 e. The van der Waals surface area contributed by atoms with Crippen LogP contribution >= 0.6 is 0 Å². The average molecular weight is 431 g/mol. The lowest BCUT2D eigenvalue weighted by Crippen LogP contribution is -2.42. The highest BCUT2D eigenvalue weighted by molar-refractivity contribution is 5.50.